The fourth-order valence-corrected chi connectivity index (χ4v) is 3.40. The van der Waals surface area contributed by atoms with Crippen LogP contribution in [0.1, 0.15) is 29.4 Å². The molecule has 0 aliphatic carbocycles. The number of carbonyl (C=O) groups excluding carboxylic acids is 2. The molecule has 1 aliphatic heterocycles. The van der Waals surface area contributed by atoms with Crippen LogP contribution in [0, 0.1) is 12.8 Å². The number of carbonyl (C=O) groups is 2. The third-order valence-corrected chi connectivity index (χ3v) is 5.01. The number of likely N-dealkylation sites (tertiary alicyclic amines) is 1. The Kier molecular flexibility index (Phi) is 5.64. The van der Waals surface area contributed by atoms with Gasteiger partial charge < -0.3 is 20.1 Å². The fraction of sp³-hybridized carbons (Fsp3) is 0.500. The average Bonchev–Trinajstić information content (AvgIpc) is 3.29. The molecule has 134 valence electrons. The lowest BCUT2D eigenvalue weighted by atomic mass is 9.96. The van der Waals surface area contributed by atoms with Crippen molar-refractivity contribution >= 4 is 23.3 Å². The molecule has 0 saturated carbocycles. The molecule has 3 heterocycles. The molecule has 0 unspecified atom stereocenters. The molecule has 9 heteroatoms. The first-order chi connectivity index (χ1) is 12.1. The van der Waals surface area contributed by atoms with Crippen LogP contribution in [-0.2, 0) is 17.9 Å². The van der Waals surface area contributed by atoms with Crippen molar-refractivity contribution in [2.75, 3.05) is 13.1 Å². The molecule has 25 heavy (non-hydrogen) atoms. The van der Waals surface area contributed by atoms with Gasteiger partial charge in [0.2, 0.25) is 11.8 Å². The topological polar surface area (TPSA) is 100 Å². The van der Waals surface area contributed by atoms with Gasteiger partial charge in [-0.05, 0) is 31.2 Å². The van der Waals surface area contributed by atoms with E-state index in [2.05, 4.69) is 20.8 Å². The first kappa shape index (κ1) is 17.4. The monoisotopic (exact) mass is 363 g/mol. The molecule has 0 aromatic carbocycles. The lowest BCUT2D eigenvalue weighted by Gasteiger charge is -2.31. The molecule has 2 N–H and O–H groups in total. The highest BCUT2D eigenvalue weighted by Crippen LogP contribution is 2.18. The second-order valence-corrected chi connectivity index (χ2v) is 6.98. The van der Waals surface area contributed by atoms with Gasteiger partial charge in [-0.25, -0.2) is 4.79 Å². The zero-order valence-electron chi connectivity index (χ0n) is 14.0. The number of aryl methyl sites for hydroxylation is 1. The van der Waals surface area contributed by atoms with Crippen LogP contribution in [0.5, 0.6) is 0 Å². The Morgan fingerprint density at radius 2 is 2.12 bits per heavy atom. The molecule has 1 aliphatic rings. The van der Waals surface area contributed by atoms with Crippen LogP contribution in [0.2, 0.25) is 0 Å². The first-order valence-corrected chi connectivity index (χ1v) is 9.12. The van der Waals surface area contributed by atoms with E-state index in [9.17, 15) is 9.59 Å². The van der Waals surface area contributed by atoms with Crippen LogP contribution in [0.4, 0.5) is 4.79 Å². The van der Waals surface area contributed by atoms with Crippen molar-refractivity contribution in [2.24, 2.45) is 5.92 Å². The maximum atomic E-state index is 12.2. The Labute approximate surface area is 149 Å². The minimum Gasteiger partial charge on any atom is -0.347 e. The summed E-state index contributed by atoms with van der Waals surface area (Å²) in [4.78, 5) is 31.3. The number of thiophene rings is 1. The Balaban J connectivity index is 1.38. The summed E-state index contributed by atoms with van der Waals surface area (Å²) in [6, 6.07) is 3.88. The average molecular weight is 363 g/mol. The van der Waals surface area contributed by atoms with E-state index >= 15 is 0 Å². The van der Waals surface area contributed by atoms with Gasteiger partial charge in [0.1, 0.15) is 0 Å². The fourth-order valence-electron chi connectivity index (χ4n) is 2.75. The maximum absolute atomic E-state index is 12.2. The molecule has 1 fully saturated rings. The van der Waals surface area contributed by atoms with Crippen LogP contribution in [-0.4, -0.2) is 40.1 Å². The minimum atomic E-state index is -0.0923. The number of piperidine rings is 1. The summed E-state index contributed by atoms with van der Waals surface area (Å²) in [7, 11) is 0. The quantitative estimate of drug-likeness (QED) is 0.842. The molecular weight excluding hydrogens is 342 g/mol. The highest BCUT2D eigenvalue weighted by molar-refractivity contribution is 7.09. The molecule has 0 spiro atoms. The number of nitrogens with one attached hydrogen (secondary N) is 2. The number of amides is 3. The van der Waals surface area contributed by atoms with E-state index in [4.69, 9.17) is 4.52 Å². The van der Waals surface area contributed by atoms with E-state index in [-0.39, 0.29) is 24.4 Å². The Hall–Kier alpha value is -2.42. The number of hydrogen-bond acceptors (Lipinski definition) is 6. The van der Waals surface area contributed by atoms with Gasteiger partial charge in [0, 0.05) is 23.9 Å². The largest absolute Gasteiger partial charge is 0.347 e. The Morgan fingerprint density at radius 3 is 2.76 bits per heavy atom. The van der Waals surface area contributed by atoms with E-state index in [1.54, 1.807) is 23.2 Å². The molecule has 2 aromatic heterocycles. The highest BCUT2D eigenvalue weighted by atomic mass is 32.1. The van der Waals surface area contributed by atoms with E-state index in [0.29, 0.717) is 44.2 Å². The summed E-state index contributed by atoms with van der Waals surface area (Å²) < 4.78 is 4.97. The third kappa shape index (κ3) is 4.79. The zero-order valence-corrected chi connectivity index (χ0v) is 14.8. The number of aromatic nitrogens is 2. The second-order valence-electron chi connectivity index (χ2n) is 5.95. The molecule has 0 bridgehead atoms. The van der Waals surface area contributed by atoms with Crippen molar-refractivity contribution in [1.82, 2.24) is 25.7 Å². The Bertz CT molecular complexity index is 707. The molecule has 0 radical (unpaired) electrons. The summed E-state index contributed by atoms with van der Waals surface area (Å²) >= 11 is 1.62. The van der Waals surface area contributed by atoms with Crippen LogP contribution in [0.15, 0.2) is 22.0 Å². The van der Waals surface area contributed by atoms with Gasteiger partial charge in [-0.1, -0.05) is 11.2 Å². The first-order valence-electron chi connectivity index (χ1n) is 8.24. The lowest BCUT2D eigenvalue weighted by Crippen LogP contribution is -2.46. The molecule has 0 atom stereocenters. The molecule has 2 aromatic rings. The smallest absolute Gasteiger partial charge is 0.317 e. The van der Waals surface area contributed by atoms with Gasteiger partial charge >= 0.3 is 6.03 Å². The third-order valence-electron chi connectivity index (χ3n) is 4.13. The van der Waals surface area contributed by atoms with Crippen molar-refractivity contribution < 1.29 is 14.1 Å². The summed E-state index contributed by atoms with van der Waals surface area (Å²) in [6.45, 7) is 3.66. The predicted molar refractivity (Wildman–Crippen MR) is 91.7 cm³/mol. The molecule has 3 amide bonds. The molecule has 3 rings (SSSR count). The van der Waals surface area contributed by atoms with Crippen molar-refractivity contribution in [1.29, 1.82) is 0 Å². The van der Waals surface area contributed by atoms with Crippen molar-refractivity contribution in [3.63, 3.8) is 0 Å². The van der Waals surface area contributed by atoms with Crippen molar-refractivity contribution in [3.8, 4) is 0 Å². The van der Waals surface area contributed by atoms with E-state index < -0.39 is 0 Å². The SMILES string of the molecule is Cc1noc(CNC(=O)C2CCN(C(=O)NCc3cccs3)CC2)n1. The van der Waals surface area contributed by atoms with Crippen molar-refractivity contribution in [3.05, 3.63) is 34.1 Å². The van der Waals surface area contributed by atoms with E-state index in [0.717, 1.165) is 4.88 Å². The number of urea groups is 1. The number of nitrogens with zero attached hydrogens (tertiary/aromatic N) is 3. The van der Waals surface area contributed by atoms with Gasteiger partial charge in [0.05, 0.1) is 13.1 Å². The van der Waals surface area contributed by atoms with Gasteiger partial charge in [-0.15, -0.1) is 11.3 Å². The highest BCUT2D eigenvalue weighted by Gasteiger charge is 2.27. The van der Waals surface area contributed by atoms with Gasteiger partial charge in [-0.3, -0.25) is 4.79 Å². The normalized spacial score (nSPS) is 15.2. The molecular formula is C16H21N5O3S. The van der Waals surface area contributed by atoms with Crippen LogP contribution in [0.25, 0.3) is 0 Å². The minimum absolute atomic E-state index is 0.0329. The van der Waals surface area contributed by atoms with Gasteiger partial charge in [-0.2, -0.15) is 4.98 Å². The Morgan fingerprint density at radius 1 is 1.32 bits per heavy atom. The van der Waals surface area contributed by atoms with Gasteiger partial charge in [0.15, 0.2) is 5.82 Å². The maximum Gasteiger partial charge on any atom is 0.317 e. The van der Waals surface area contributed by atoms with Crippen LogP contribution < -0.4 is 10.6 Å². The molecule has 8 nitrogen and oxygen atoms in total. The standard InChI is InChI=1S/C16H21N5O3S/c1-11-19-14(24-20-11)10-17-15(22)12-4-6-21(7-5-12)16(23)18-9-13-3-2-8-25-13/h2-3,8,12H,4-7,9-10H2,1H3,(H,17,22)(H,18,23). The summed E-state index contributed by atoms with van der Waals surface area (Å²) in [5.74, 6) is 0.821. The number of hydrogen-bond donors (Lipinski definition) is 2. The van der Waals surface area contributed by atoms with E-state index in [1.807, 2.05) is 17.5 Å². The second kappa shape index (κ2) is 8.11. The predicted octanol–water partition coefficient (Wildman–Crippen LogP) is 1.68. The summed E-state index contributed by atoms with van der Waals surface area (Å²) in [6.07, 6.45) is 1.31. The zero-order chi connectivity index (χ0) is 17.6. The van der Waals surface area contributed by atoms with E-state index in [1.165, 1.54) is 0 Å². The molecule has 1 saturated heterocycles. The van der Waals surface area contributed by atoms with Crippen molar-refractivity contribution in [2.45, 2.75) is 32.9 Å². The van der Waals surface area contributed by atoms with Crippen LogP contribution >= 0.6 is 11.3 Å². The summed E-state index contributed by atoms with van der Waals surface area (Å²) in [5.41, 5.74) is 0. The van der Waals surface area contributed by atoms with Crippen LogP contribution in [0.3, 0.4) is 0 Å². The number of rotatable bonds is 5. The summed E-state index contributed by atoms with van der Waals surface area (Å²) in [5, 5.41) is 11.4. The van der Waals surface area contributed by atoms with Gasteiger partial charge in [0.25, 0.3) is 0 Å². The lowest BCUT2D eigenvalue weighted by molar-refractivity contribution is -0.126.